The van der Waals surface area contributed by atoms with Gasteiger partial charge in [0.2, 0.25) is 10.0 Å². The van der Waals surface area contributed by atoms with Crippen LogP contribution in [0.5, 0.6) is 0 Å². The summed E-state index contributed by atoms with van der Waals surface area (Å²) >= 11 is 0. The number of carbonyl (C=O) groups excluding carboxylic acids is 1. The fraction of sp³-hybridized carbons (Fsp3) is 0.533. The third-order valence-electron chi connectivity index (χ3n) is 4.01. The van der Waals surface area contributed by atoms with Gasteiger partial charge in [0.25, 0.3) is 0 Å². The molecule has 2 fully saturated rings. The molecule has 2 aliphatic heterocycles. The molecular weight excluding hydrogens is 318 g/mol. The zero-order chi connectivity index (χ0) is 16.3. The lowest BCUT2D eigenvalue weighted by Crippen LogP contribution is -2.35. The zero-order valence-corrected chi connectivity index (χ0v) is 13.6. The second-order valence-electron chi connectivity index (χ2n) is 5.76. The Bertz CT molecular complexity index is 671. The molecule has 0 aromatic heterocycles. The molecule has 1 atom stereocenters. The van der Waals surface area contributed by atoms with Crippen molar-refractivity contribution in [3.63, 3.8) is 0 Å². The summed E-state index contributed by atoms with van der Waals surface area (Å²) in [6.07, 6.45) is 2.70. The number of urea groups is 1. The molecule has 0 unspecified atom stereocenters. The van der Waals surface area contributed by atoms with Gasteiger partial charge < -0.3 is 15.4 Å². The Morgan fingerprint density at radius 2 is 2.22 bits per heavy atom. The van der Waals surface area contributed by atoms with E-state index in [-0.39, 0.29) is 17.9 Å². The fourth-order valence-corrected chi connectivity index (χ4v) is 4.41. The molecule has 2 aliphatic rings. The van der Waals surface area contributed by atoms with E-state index in [4.69, 9.17) is 4.74 Å². The van der Waals surface area contributed by atoms with Crippen LogP contribution >= 0.6 is 0 Å². The molecule has 0 saturated carbocycles. The summed E-state index contributed by atoms with van der Waals surface area (Å²) in [6.45, 7) is 1.71. The summed E-state index contributed by atoms with van der Waals surface area (Å²) < 4.78 is 30.8. The van der Waals surface area contributed by atoms with Crippen LogP contribution in [0.25, 0.3) is 0 Å². The minimum Gasteiger partial charge on any atom is -0.376 e. The van der Waals surface area contributed by atoms with Crippen LogP contribution in [0.3, 0.4) is 0 Å². The molecule has 0 spiro atoms. The molecule has 8 heteroatoms. The van der Waals surface area contributed by atoms with Crippen molar-refractivity contribution in [2.75, 3.05) is 35.1 Å². The number of nitrogens with zero attached hydrogens (tertiary/aromatic N) is 1. The van der Waals surface area contributed by atoms with E-state index in [2.05, 4.69) is 10.6 Å². The van der Waals surface area contributed by atoms with Crippen LogP contribution in [0, 0.1) is 0 Å². The number of nitrogens with one attached hydrogen (secondary N) is 2. The van der Waals surface area contributed by atoms with Gasteiger partial charge in [0.05, 0.1) is 17.5 Å². The van der Waals surface area contributed by atoms with E-state index in [0.717, 1.165) is 19.4 Å². The van der Waals surface area contributed by atoms with Gasteiger partial charge in [0.1, 0.15) is 0 Å². The van der Waals surface area contributed by atoms with Gasteiger partial charge in [-0.1, -0.05) is 6.07 Å². The van der Waals surface area contributed by atoms with Crippen molar-refractivity contribution < 1.29 is 17.9 Å². The van der Waals surface area contributed by atoms with Crippen LogP contribution in [-0.4, -0.2) is 46.0 Å². The van der Waals surface area contributed by atoms with Crippen LogP contribution in [0.1, 0.15) is 19.3 Å². The highest BCUT2D eigenvalue weighted by Crippen LogP contribution is 2.26. The maximum Gasteiger partial charge on any atom is 0.319 e. The predicted molar refractivity (Wildman–Crippen MR) is 88.2 cm³/mol. The Hall–Kier alpha value is -1.80. The number of sulfonamides is 1. The summed E-state index contributed by atoms with van der Waals surface area (Å²) in [4.78, 5) is 11.9. The first-order valence-corrected chi connectivity index (χ1v) is 9.42. The molecule has 23 heavy (non-hydrogen) atoms. The van der Waals surface area contributed by atoms with E-state index < -0.39 is 10.0 Å². The van der Waals surface area contributed by atoms with E-state index in [0.29, 0.717) is 30.9 Å². The van der Waals surface area contributed by atoms with Crippen LogP contribution in [0.2, 0.25) is 0 Å². The Balaban J connectivity index is 1.60. The van der Waals surface area contributed by atoms with Crippen LogP contribution in [0.4, 0.5) is 16.2 Å². The maximum atomic E-state index is 12.0. The third kappa shape index (κ3) is 3.94. The van der Waals surface area contributed by atoms with E-state index in [1.54, 1.807) is 24.3 Å². The first kappa shape index (κ1) is 16.1. The summed E-state index contributed by atoms with van der Waals surface area (Å²) in [5, 5.41) is 5.50. The molecule has 7 nitrogen and oxygen atoms in total. The van der Waals surface area contributed by atoms with Crippen molar-refractivity contribution >= 4 is 27.4 Å². The third-order valence-corrected chi connectivity index (χ3v) is 5.88. The molecule has 0 bridgehead atoms. The summed E-state index contributed by atoms with van der Waals surface area (Å²) in [5.74, 6) is 0.173. The normalized spacial score (nSPS) is 23.0. The van der Waals surface area contributed by atoms with Crippen molar-refractivity contribution in [2.45, 2.75) is 25.4 Å². The highest BCUT2D eigenvalue weighted by molar-refractivity contribution is 7.93. The monoisotopic (exact) mass is 339 g/mol. The van der Waals surface area contributed by atoms with E-state index in [1.807, 2.05) is 0 Å². The molecule has 2 saturated heterocycles. The minimum absolute atomic E-state index is 0.0850. The van der Waals surface area contributed by atoms with Gasteiger partial charge in [-0.15, -0.1) is 0 Å². The molecule has 2 N–H and O–H groups in total. The van der Waals surface area contributed by atoms with Gasteiger partial charge in [-0.2, -0.15) is 0 Å². The van der Waals surface area contributed by atoms with Gasteiger partial charge in [0, 0.05) is 25.4 Å². The van der Waals surface area contributed by atoms with Gasteiger partial charge in [-0.3, -0.25) is 4.31 Å². The van der Waals surface area contributed by atoms with Crippen LogP contribution in [0.15, 0.2) is 24.3 Å². The largest absolute Gasteiger partial charge is 0.376 e. The van der Waals surface area contributed by atoms with Crippen molar-refractivity contribution in [1.29, 1.82) is 0 Å². The van der Waals surface area contributed by atoms with Crippen molar-refractivity contribution in [1.82, 2.24) is 5.32 Å². The average Bonchev–Trinajstić information content (AvgIpc) is 3.14. The van der Waals surface area contributed by atoms with Crippen molar-refractivity contribution in [2.24, 2.45) is 0 Å². The lowest BCUT2D eigenvalue weighted by Gasteiger charge is -2.18. The summed E-state index contributed by atoms with van der Waals surface area (Å²) in [6, 6.07) is 6.56. The van der Waals surface area contributed by atoms with Gasteiger partial charge >= 0.3 is 6.03 Å². The number of rotatable bonds is 4. The van der Waals surface area contributed by atoms with Gasteiger partial charge in [-0.25, -0.2) is 13.2 Å². The number of hydrogen-bond donors (Lipinski definition) is 2. The van der Waals surface area contributed by atoms with E-state index in [9.17, 15) is 13.2 Å². The Morgan fingerprint density at radius 1 is 1.35 bits per heavy atom. The van der Waals surface area contributed by atoms with E-state index in [1.165, 1.54) is 4.31 Å². The highest BCUT2D eigenvalue weighted by Gasteiger charge is 2.28. The van der Waals surface area contributed by atoms with Crippen LogP contribution < -0.4 is 14.9 Å². The Morgan fingerprint density at radius 3 is 2.91 bits per heavy atom. The van der Waals surface area contributed by atoms with Crippen molar-refractivity contribution in [3.05, 3.63) is 24.3 Å². The van der Waals surface area contributed by atoms with Gasteiger partial charge in [-0.05, 0) is 37.5 Å². The SMILES string of the molecule is O=C(NC[C@H]1CCCO1)Nc1cccc(N2CCCS2(=O)=O)c1. The number of hydrogen-bond acceptors (Lipinski definition) is 4. The molecule has 1 aromatic carbocycles. The molecule has 2 amide bonds. The van der Waals surface area contributed by atoms with Crippen LogP contribution in [-0.2, 0) is 14.8 Å². The molecule has 0 aliphatic carbocycles. The fourth-order valence-electron chi connectivity index (χ4n) is 2.86. The molecule has 0 radical (unpaired) electrons. The van der Waals surface area contributed by atoms with Gasteiger partial charge in [0.15, 0.2) is 0 Å². The molecule has 126 valence electrons. The molecule has 2 heterocycles. The molecule has 1 aromatic rings. The predicted octanol–water partition coefficient (Wildman–Crippen LogP) is 1.53. The first-order valence-electron chi connectivity index (χ1n) is 7.81. The first-order chi connectivity index (χ1) is 11.0. The summed E-state index contributed by atoms with van der Waals surface area (Å²) in [5.41, 5.74) is 1.15. The Kier molecular flexibility index (Phi) is 4.72. The number of anilines is 2. The topological polar surface area (TPSA) is 87.7 Å². The number of ether oxygens (including phenoxy) is 1. The summed E-state index contributed by atoms with van der Waals surface area (Å²) in [7, 11) is -3.22. The molecular formula is C15H21N3O4S. The lowest BCUT2D eigenvalue weighted by atomic mass is 10.2. The standard InChI is InChI=1S/C15H21N3O4S/c19-15(16-11-14-6-2-8-22-14)17-12-4-1-5-13(10-12)18-7-3-9-23(18,20)21/h1,4-5,10,14H,2-3,6-9,11H2,(H2,16,17,19)/t14-/m1/s1. The number of amides is 2. The highest BCUT2D eigenvalue weighted by atomic mass is 32.2. The van der Waals surface area contributed by atoms with Crippen molar-refractivity contribution in [3.8, 4) is 0 Å². The second kappa shape index (κ2) is 6.76. The Labute approximate surface area is 136 Å². The number of carbonyl (C=O) groups is 1. The van der Waals surface area contributed by atoms with E-state index >= 15 is 0 Å². The average molecular weight is 339 g/mol. The second-order valence-corrected chi connectivity index (χ2v) is 7.77. The number of benzene rings is 1. The molecule has 3 rings (SSSR count). The maximum absolute atomic E-state index is 12.0. The smallest absolute Gasteiger partial charge is 0.319 e. The quantitative estimate of drug-likeness (QED) is 0.871. The zero-order valence-electron chi connectivity index (χ0n) is 12.8. The minimum atomic E-state index is -3.22. The lowest BCUT2D eigenvalue weighted by molar-refractivity contribution is 0.112.